The molecule has 1 aliphatic carbocycles. The monoisotopic (exact) mass is 387 g/mol. The van der Waals surface area contributed by atoms with Crippen molar-refractivity contribution in [1.29, 1.82) is 0 Å². The predicted molar refractivity (Wildman–Crippen MR) is 105 cm³/mol. The minimum Gasteiger partial charge on any atom is -0.465 e. The summed E-state index contributed by atoms with van der Waals surface area (Å²) in [7, 11) is 1.40. The number of methoxy groups -OCH3 is 1. The highest BCUT2D eigenvalue weighted by Gasteiger charge is 2.39. The van der Waals surface area contributed by atoms with Crippen molar-refractivity contribution in [2.75, 3.05) is 12.4 Å². The van der Waals surface area contributed by atoms with Crippen LogP contribution in [0.3, 0.4) is 0 Å². The molecule has 1 N–H and O–H groups in total. The lowest BCUT2D eigenvalue weighted by atomic mass is 9.76. The summed E-state index contributed by atoms with van der Waals surface area (Å²) in [5, 5.41) is 4.79. The van der Waals surface area contributed by atoms with Crippen LogP contribution in [0.2, 0.25) is 10.0 Å². The first kappa shape index (κ1) is 17.4. The number of rotatable bonds is 2. The second kappa shape index (κ2) is 6.64. The van der Waals surface area contributed by atoms with Crippen LogP contribution in [0, 0.1) is 12.8 Å². The van der Waals surface area contributed by atoms with Crippen molar-refractivity contribution in [3.63, 3.8) is 0 Å². The van der Waals surface area contributed by atoms with Crippen molar-refractivity contribution < 1.29 is 9.53 Å². The summed E-state index contributed by atoms with van der Waals surface area (Å²) >= 11 is 12.8. The van der Waals surface area contributed by atoms with E-state index < -0.39 is 0 Å². The summed E-state index contributed by atoms with van der Waals surface area (Å²) in [6, 6.07) is 9.67. The van der Waals surface area contributed by atoms with Gasteiger partial charge in [0.25, 0.3) is 0 Å². The zero-order valence-corrected chi connectivity index (χ0v) is 16.1. The standard InChI is InChI=1S/C21H19Cl2NO2/c1-11-12(21(25)26-2)9-10-15-13-5-3-6-14(13)20(24-19(11)15)16-7-4-8-17(22)18(16)23/h3-5,7-10,13-14,20,24H,6H2,1-2H3/t13-,14-,20-/m0/s1. The summed E-state index contributed by atoms with van der Waals surface area (Å²) in [6.45, 7) is 1.95. The van der Waals surface area contributed by atoms with Gasteiger partial charge in [-0.3, -0.25) is 0 Å². The minimum atomic E-state index is -0.325. The zero-order valence-electron chi connectivity index (χ0n) is 14.6. The maximum Gasteiger partial charge on any atom is 0.338 e. The van der Waals surface area contributed by atoms with Gasteiger partial charge in [-0.15, -0.1) is 0 Å². The quantitative estimate of drug-likeness (QED) is 0.513. The van der Waals surface area contributed by atoms with Crippen LogP contribution in [0.15, 0.2) is 42.5 Å². The third-order valence-electron chi connectivity index (χ3n) is 5.52. The van der Waals surface area contributed by atoms with E-state index >= 15 is 0 Å². The van der Waals surface area contributed by atoms with Crippen LogP contribution in [0.5, 0.6) is 0 Å². The number of ether oxygens (including phenoxy) is 1. The SMILES string of the molecule is COC(=O)c1ccc2c(c1C)N[C@H](c1cccc(Cl)c1Cl)[C@H]1CC=C[C@H]21. The van der Waals surface area contributed by atoms with Gasteiger partial charge in [0.05, 0.1) is 28.8 Å². The Kier molecular flexibility index (Phi) is 4.45. The lowest BCUT2D eigenvalue weighted by Crippen LogP contribution is -2.30. The molecule has 0 fully saturated rings. The van der Waals surface area contributed by atoms with Gasteiger partial charge in [-0.25, -0.2) is 4.79 Å². The molecule has 2 aromatic carbocycles. The summed E-state index contributed by atoms with van der Waals surface area (Å²) in [6.07, 6.45) is 5.45. The maximum absolute atomic E-state index is 12.1. The number of fused-ring (bicyclic) bond motifs is 3. The molecule has 0 bridgehead atoms. The molecule has 134 valence electrons. The molecule has 0 radical (unpaired) electrons. The van der Waals surface area contributed by atoms with Crippen LogP contribution in [-0.2, 0) is 4.74 Å². The molecule has 5 heteroatoms. The maximum atomic E-state index is 12.1. The zero-order chi connectivity index (χ0) is 18.4. The number of esters is 1. The Morgan fingerprint density at radius 1 is 1.19 bits per heavy atom. The van der Waals surface area contributed by atoms with Gasteiger partial charge in [0.15, 0.2) is 0 Å². The molecular formula is C21H19Cl2NO2. The van der Waals surface area contributed by atoms with Crippen molar-refractivity contribution in [1.82, 2.24) is 0 Å². The summed E-state index contributed by atoms with van der Waals surface area (Å²) in [5.74, 6) is 0.326. The number of benzene rings is 2. The van der Waals surface area contributed by atoms with Crippen LogP contribution in [-0.4, -0.2) is 13.1 Å². The van der Waals surface area contributed by atoms with Gasteiger partial charge in [0, 0.05) is 11.6 Å². The Bertz CT molecular complexity index is 922. The number of halogens is 2. The molecule has 0 unspecified atom stereocenters. The van der Waals surface area contributed by atoms with Crippen LogP contribution < -0.4 is 5.32 Å². The molecule has 1 aliphatic heterocycles. The van der Waals surface area contributed by atoms with Gasteiger partial charge in [-0.2, -0.15) is 0 Å². The smallest absolute Gasteiger partial charge is 0.338 e. The fourth-order valence-corrected chi connectivity index (χ4v) is 4.64. The predicted octanol–water partition coefficient (Wildman–Crippen LogP) is 5.91. The van der Waals surface area contributed by atoms with Gasteiger partial charge >= 0.3 is 5.97 Å². The Hall–Kier alpha value is -1.97. The van der Waals surface area contributed by atoms with Gasteiger partial charge in [0.1, 0.15) is 0 Å². The van der Waals surface area contributed by atoms with E-state index in [0.717, 1.165) is 23.2 Å². The number of hydrogen-bond donors (Lipinski definition) is 1. The van der Waals surface area contributed by atoms with E-state index in [0.29, 0.717) is 21.5 Å². The van der Waals surface area contributed by atoms with Crippen molar-refractivity contribution in [2.24, 2.45) is 5.92 Å². The Balaban J connectivity index is 1.85. The Labute approximate surface area is 163 Å². The van der Waals surface area contributed by atoms with E-state index in [2.05, 4.69) is 17.5 Å². The highest BCUT2D eigenvalue weighted by molar-refractivity contribution is 6.42. The Morgan fingerprint density at radius 3 is 2.77 bits per heavy atom. The van der Waals surface area contributed by atoms with Gasteiger partial charge in [-0.05, 0) is 48.1 Å². The van der Waals surface area contributed by atoms with E-state index in [1.807, 2.05) is 31.2 Å². The molecule has 0 saturated carbocycles. The molecule has 4 rings (SSSR count). The molecule has 3 nitrogen and oxygen atoms in total. The van der Waals surface area contributed by atoms with Crippen LogP contribution >= 0.6 is 23.2 Å². The number of allylic oxidation sites excluding steroid dienone is 2. The van der Waals surface area contributed by atoms with Gasteiger partial charge in [0.2, 0.25) is 0 Å². The van der Waals surface area contributed by atoms with Crippen LogP contribution in [0.25, 0.3) is 0 Å². The van der Waals surface area contributed by atoms with Crippen molar-refractivity contribution in [3.8, 4) is 0 Å². The molecule has 26 heavy (non-hydrogen) atoms. The van der Waals surface area contributed by atoms with Crippen LogP contribution in [0.1, 0.15) is 45.4 Å². The molecule has 1 heterocycles. The third kappa shape index (κ3) is 2.62. The molecule has 3 atom stereocenters. The number of hydrogen-bond acceptors (Lipinski definition) is 3. The highest BCUT2D eigenvalue weighted by Crippen LogP contribution is 2.52. The topological polar surface area (TPSA) is 38.3 Å². The van der Waals surface area contributed by atoms with Gasteiger partial charge in [-0.1, -0.05) is 53.6 Å². The largest absolute Gasteiger partial charge is 0.465 e. The number of nitrogens with one attached hydrogen (secondary N) is 1. The summed E-state index contributed by atoms with van der Waals surface area (Å²) in [4.78, 5) is 12.1. The van der Waals surface area contributed by atoms with Gasteiger partial charge < -0.3 is 10.1 Å². The fourth-order valence-electron chi connectivity index (χ4n) is 4.21. The summed E-state index contributed by atoms with van der Waals surface area (Å²) < 4.78 is 4.92. The molecular weight excluding hydrogens is 369 g/mol. The molecule has 0 amide bonds. The molecule has 0 spiro atoms. The number of carbonyl (C=O) groups excluding carboxylic acids is 1. The lowest BCUT2D eigenvalue weighted by Gasteiger charge is -2.39. The van der Waals surface area contributed by atoms with E-state index in [9.17, 15) is 4.79 Å². The number of carbonyl (C=O) groups is 1. The molecule has 2 aliphatic rings. The molecule has 0 saturated heterocycles. The first-order valence-electron chi connectivity index (χ1n) is 8.62. The van der Waals surface area contributed by atoms with Crippen molar-refractivity contribution in [3.05, 3.63) is 74.8 Å². The van der Waals surface area contributed by atoms with Crippen molar-refractivity contribution >= 4 is 34.9 Å². The van der Waals surface area contributed by atoms with E-state index in [4.69, 9.17) is 27.9 Å². The second-order valence-corrected chi connectivity index (χ2v) is 7.60. The first-order valence-corrected chi connectivity index (χ1v) is 9.37. The molecule has 0 aromatic heterocycles. The third-order valence-corrected chi connectivity index (χ3v) is 6.35. The second-order valence-electron chi connectivity index (χ2n) is 6.81. The normalized spacial score (nSPS) is 23.2. The average Bonchev–Trinajstić information content (AvgIpc) is 3.13. The van der Waals surface area contributed by atoms with E-state index in [1.54, 1.807) is 6.07 Å². The van der Waals surface area contributed by atoms with E-state index in [1.165, 1.54) is 12.7 Å². The minimum absolute atomic E-state index is 0.0281. The fraction of sp³-hybridized carbons (Fsp3) is 0.286. The average molecular weight is 388 g/mol. The van der Waals surface area contributed by atoms with Crippen LogP contribution in [0.4, 0.5) is 5.69 Å². The number of anilines is 1. The van der Waals surface area contributed by atoms with Crippen molar-refractivity contribution in [2.45, 2.75) is 25.3 Å². The molecule has 2 aromatic rings. The van der Waals surface area contributed by atoms with E-state index in [-0.39, 0.29) is 17.9 Å². The lowest BCUT2D eigenvalue weighted by molar-refractivity contribution is 0.0600. The first-order chi connectivity index (χ1) is 12.5. The Morgan fingerprint density at radius 2 is 2.00 bits per heavy atom. The highest BCUT2D eigenvalue weighted by atomic mass is 35.5. The summed E-state index contributed by atoms with van der Waals surface area (Å²) in [5.41, 5.74) is 4.67.